The zero-order chi connectivity index (χ0) is 13.9. The van der Waals surface area contributed by atoms with Gasteiger partial charge >= 0.3 is 0 Å². The van der Waals surface area contributed by atoms with E-state index in [1.54, 1.807) is 0 Å². The van der Waals surface area contributed by atoms with Crippen LogP contribution in [0.4, 0.5) is 0 Å². The lowest BCUT2D eigenvalue weighted by atomic mass is 9.93. The summed E-state index contributed by atoms with van der Waals surface area (Å²) in [6, 6.07) is 0. The summed E-state index contributed by atoms with van der Waals surface area (Å²) in [6.45, 7) is 12.7. The first-order chi connectivity index (χ1) is 9.00. The molecule has 2 fully saturated rings. The summed E-state index contributed by atoms with van der Waals surface area (Å²) in [7, 11) is 0. The van der Waals surface area contributed by atoms with Crippen molar-refractivity contribution >= 4 is 5.91 Å². The Morgan fingerprint density at radius 3 is 2.79 bits per heavy atom. The lowest BCUT2D eigenvalue weighted by Crippen LogP contribution is -2.39. The molecule has 1 amide bonds. The Bertz CT molecular complexity index is 317. The molecule has 0 unspecified atom stereocenters. The highest BCUT2D eigenvalue weighted by Crippen LogP contribution is 2.28. The molecule has 0 aromatic rings. The van der Waals surface area contributed by atoms with Gasteiger partial charge in [-0.3, -0.25) is 9.69 Å². The molecule has 2 heterocycles. The van der Waals surface area contributed by atoms with Gasteiger partial charge in [-0.1, -0.05) is 13.8 Å². The number of ether oxygens (including phenoxy) is 1. The Labute approximate surface area is 117 Å². The molecule has 0 N–H and O–H groups in total. The summed E-state index contributed by atoms with van der Waals surface area (Å²) in [5, 5.41) is 0. The van der Waals surface area contributed by atoms with E-state index >= 15 is 0 Å². The fraction of sp³-hybridized carbons (Fsp3) is 0.933. The Kier molecular flexibility index (Phi) is 4.85. The van der Waals surface area contributed by atoms with Gasteiger partial charge in [-0.25, -0.2) is 0 Å². The smallest absolute Gasteiger partial charge is 0.236 e. The second-order valence-electron chi connectivity index (χ2n) is 6.78. The van der Waals surface area contributed by atoms with E-state index in [0.29, 0.717) is 23.8 Å². The molecule has 110 valence electrons. The van der Waals surface area contributed by atoms with Gasteiger partial charge in [0.2, 0.25) is 5.91 Å². The molecule has 2 rings (SSSR count). The first-order valence-electron chi connectivity index (χ1n) is 7.58. The van der Waals surface area contributed by atoms with E-state index in [1.165, 1.54) is 6.42 Å². The van der Waals surface area contributed by atoms with Crippen molar-refractivity contribution in [1.82, 2.24) is 9.80 Å². The summed E-state index contributed by atoms with van der Waals surface area (Å²) >= 11 is 0. The number of likely N-dealkylation sites (tertiary alicyclic amines) is 2. The molecule has 0 saturated carbocycles. The molecule has 2 aliphatic heterocycles. The van der Waals surface area contributed by atoms with Crippen molar-refractivity contribution in [2.75, 3.05) is 45.9 Å². The highest BCUT2D eigenvalue weighted by molar-refractivity contribution is 5.78. The second-order valence-corrected chi connectivity index (χ2v) is 6.78. The number of hydrogen-bond acceptors (Lipinski definition) is 3. The monoisotopic (exact) mass is 268 g/mol. The number of hydrogen-bond donors (Lipinski definition) is 0. The third kappa shape index (κ3) is 4.18. The molecule has 0 spiro atoms. The standard InChI is InChI=1S/C15H28N2O2/c1-4-19-11-13-5-7-17(9-13)14(18)10-16-8-6-15(2,3)12-16/h13H,4-12H2,1-3H3/t13-/m1/s1. The Hall–Kier alpha value is -0.610. The minimum atomic E-state index is 0.302. The van der Waals surface area contributed by atoms with Crippen molar-refractivity contribution in [3.05, 3.63) is 0 Å². The summed E-state index contributed by atoms with van der Waals surface area (Å²) in [5.41, 5.74) is 0.378. The fourth-order valence-corrected chi connectivity index (χ4v) is 3.13. The number of nitrogens with zero attached hydrogens (tertiary/aromatic N) is 2. The van der Waals surface area contributed by atoms with Crippen LogP contribution in [0.25, 0.3) is 0 Å². The Morgan fingerprint density at radius 2 is 2.16 bits per heavy atom. The van der Waals surface area contributed by atoms with Crippen LogP contribution >= 0.6 is 0 Å². The van der Waals surface area contributed by atoms with Gasteiger partial charge in [0, 0.05) is 32.2 Å². The van der Waals surface area contributed by atoms with Crippen LogP contribution in [-0.4, -0.2) is 61.6 Å². The van der Waals surface area contributed by atoms with E-state index in [-0.39, 0.29) is 0 Å². The van der Waals surface area contributed by atoms with Gasteiger partial charge in [0.05, 0.1) is 13.2 Å². The number of carbonyl (C=O) groups excluding carboxylic acids is 1. The third-order valence-electron chi connectivity index (χ3n) is 4.31. The van der Waals surface area contributed by atoms with E-state index in [4.69, 9.17) is 4.74 Å². The molecule has 0 aromatic heterocycles. The maximum absolute atomic E-state index is 12.3. The van der Waals surface area contributed by atoms with Gasteiger partial charge in [-0.15, -0.1) is 0 Å². The summed E-state index contributed by atoms with van der Waals surface area (Å²) in [4.78, 5) is 16.6. The van der Waals surface area contributed by atoms with E-state index in [9.17, 15) is 4.79 Å². The van der Waals surface area contributed by atoms with Crippen LogP contribution in [0.1, 0.15) is 33.6 Å². The predicted octanol–water partition coefficient (Wildman–Crippen LogP) is 1.60. The maximum atomic E-state index is 12.3. The van der Waals surface area contributed by atoms with Crippen molar-refractivity contribution in [2.45, 2.75) is 33.6 Å². The Morgan fingerprint density at radius 1 is 1.37 bits per heavy atom. The maximum Gasteiger partial charge on any atom is 0.236 e. The minimum absolute atomic E-state index is 0.302. The van der Waals surface area contributed by atoms with Gasteiger partial charge in [-0.2, -0.15) is 0 Å². The van der Waals surface area contributed by atoms with Crippen LogP contribution in [0, 0.1) is 11.3 Å². The molecule has 19 heavy (non-hydrogen) atoms. The zero-order valence-electron chi connectivity index (χ0n) is 12.7. The third-order valence-corrected chi connectivity index (χ3v) is 4.31. The van der Waals surface area contributed by atoms with Crippen LogP contribution in [-0.2, 0) is 9.53 Å². The predicted molar refractivity (Wildman–Crippen MR) is 76.0 cm³/mol. The molecule has 2 saturated heterocycles. The highest BCUT2D eigenvalue weighted by Gasteiger charge is 2.32. The van der Waals surface area contributed by atoms with Crippen LogP contribution < -0.4 is 0 Å². The second kappa shape index (κ2) is 6.23. The van der Waals surface area contributed by atoms with E-state index in [0.717, 1.165) is 45.8 Å². The average molecular weight is 268 g/mol. The average Bonchev–Trinajstić information content (AvgIpc) is 2.93. The lowest BCUT2D eigenvalue weighted by molar-refractivity contribution is -0.131. The number of rotatable bonds is 5. The van der Waals surface area contributed by atoms with Gasteiger partial charge in [-0.05, 0) is 31.7 Å². The summed E-state index contributed by atoms with van der Waals surface area (Å²) < 4.78 is 5.46. The van der Waals surface area contributed by atoms with Crippen LogP contribution in [0.5, 0.6) is 0 Å². The topological polar surface area (TPSA) is 32.8 Å². The number of carbonyl (C=O) groups is 1. The molecule has 0 aromatic carbocycles. The van der Waals surface area contributed by atoms with Gasteiger partial charge in [0.1, 0.15) is 0 Å². The van der Waals surface area contributed by atoms with Crippen molar-refractivity contribution in [3.8, 4) is 0 Å². The molecule has 0 radical (unpaired) electrons. The van der Waals surface area contributed by atoms with E-state index < -0.39 is 0 Å². The lowest BCUT2D eigenvalue weighted by Gasteiger charge is -2.22. The molecular formula is C15H28N2O2. The largest absolute Gasteiger partial charge is 0.381 e. The Balaban J connectivity index is 1.73. The summed E-state index contributed by atoms with van der Waals surface area (Å²) in [6.07, 6.45) is 2.30. The SMILES string of the molecule is CCOC[C@@H]1CCN(C(=O)CN2CCC(C)(C)C2)C1. The molecule has 0 bridgehead atoms. The molecule has 4 nitrogen and oxygen atoms in total. The molecule has 1 atom stereocenters. The van der Waals surface area contributed by atoms with Crippen molar-refractivity contribution in [2.24, 2.45) is 11.3 Å². The van der Waals surface area contributed by atoms with E-state index in [2.05, 4.69) is 18.7 Å². The van der Waals surface area contributed by atoms with Crippen molar-refractivity contribution in [1.29, 1.82) is 0 Å². The first kappa shape index (κ1) is 14.8. The van der Waals surface area contributed by atoms with Gasteiger partial charge < -0.3 is 9.64 Å². The zero-order valence-corrected chi connectivity index (χ0v) is 12.7. The van der Waals surface area contributed by atoms with Crippen LogP contribution in [0.2, 0.25) is 0 Å². The van der Waals surface area contributed by atoms with Gasteiger partial charge in [0.25, 0.3) is 0 Å². The molecular weight excluding hydrogens is 240 g/mol. The van der Waals surface area contributed by atoms with Crippen molar-refractivity contribution in [3.63, 3.8) is 0 Å². The van der Waals surface area contributed by atoms with Crippen LogP contribution in [0.15, 0.2) is 0 Å². The molecule has 0 aliphatic carbocycles. The molecule has 2 aliphatic rings. The highest BCUT2D eigenvalue weighted by atomic mass is 16.5. The molecule has 4 heteroatoms. The summed E-state index contributed by atoms with van der Waals surface area (Å²) in [5.74, 6) is 0.843. The van der Waals surface area contributed by atoms with E-state index in [1.807, 2.05) is 11.8 Å². The minimum Gasteiger partial charge on any atom is -0.381 e. The quantitative estimate of drug-likeness (QED) is 0.759. The first-order valence-corrected chi connectivity index (χ1v) is 7.58. The fourth-order valence-electron chi connectivity index (χ4n) is 3.13. The normalized spacial score (nSPS) is 27.1. The van der Waals surface area contributed by atoms with Crippen LogP contribution in [0.3, 0.4) is 0 Å². The van der Waals surface area contributed by atoms with Gasteiger partial charge in [0.15, 0.2) is 0 Å². The van der Waals surface area contributed by atoms with Crippen molar-refractivity contribution < 1.29 is 9.53 Å². The number of amides is 1.